The van der Waals surface area contributed by atoms with Crippen molar-refractivity contribution in [2.45, 2.75) is 39.5 Å². The number of hydrazone groups is 2. The first kappa shape index (κ1) is 29.1. The van der Waals surface area contributed by atoms with Crippen molar-refractivity contribution in [3.05, 3.63) is 106 Å². The molecule has 0 unspecified atom stereocenters. The number of guanidine groups is 1. The maximum Gasteiger partial charge on any atom is 0.280 e. The van der Waals surface area contributed by atoms with Crippen LogP contribution in [0.5, 0.6) is 0 Å². The molecule has 0 saturated heterocycles. The zero-order valence-electron chi connectivity index (χ0n) is 21.8. The number of unbranched alkanes of at least 4 members (excludes halogenated alkanes) is 2. The fourth-order valence-corrected chi connectivity index (χ4v) is 3.64. The number of aliphatic imine (C=N–C) groups is 1. The predicted octanol–water partition coefficient (Wildman–Crippen LogP) is 7.76. The molecule has 0 radical (unpaired) electrons. The van der Waals surface area contributed by atoms with Gasteiger partial charge in [-0.15, -0.1) is 0 Å². The number of hydrogen-bond donors (Lipinski definition) is 0. The molecule has 0 saturated carbocycles. The van der Waals surface area contributed by atoms with Crippen LogP contribution in [0.1, 0.15) is 61.0 Å². The summed E-state index contributed by atoms with van der Waals surface area (Å²) in [5, 5.41) is 14.3. The highest BCUT2D eigenvalue weighted by molar-refractivity contribution is 6.30. The summed E-state index contributed by atoms with van der Waals surface area (Å²) in [4.78, 5) is 17.8. The molecule has 0 fully saturated rings. The maximum absolute atomic E-state index is 13.3. The molecule has 0 heterocycles. The fraction of sp³-hybridized carbons (Fsp3) is 0.267. The minimum absolute atomic E-state index is 0.355. The summed E-state index contributed by atoms with van der Waals surface area (Å²) in [5.74, 6) is 0.0168. The van der Waals surface area contributed by atoms with E-state index in [1.165, 1.54) is 0 Å². The van der Waals surface area contributed by atoms with Gasteiger partial charge in [-0.25, -0.2) is 10.0 Å². The second-order valence-corrected chi connectivity index (χ2v) is 9.50. The number of carbonyl (C=O) groups is 1. The molecular formula is C30H33Cl2N5O. The lowest BCUT2D eigenvalue weighted by molar-refractivity contribution is 0.0998. The normalized spacial score (nSPS) is 11.2. The van der Waals surface area contributed by atoms with E-state index in [2.05, 4.69) is 18.8 Å². The highest BCUT2D eigenvalue weighted by Crippen LogP contribution is 2.13. The van der Waals surface area contributed by atoms with Crippen molar-refractivity contribution in [2.24, 2.45) is 15.2 Å². The zero-order valence-corrected chi connectivity index (χ0v) is 23.3. The molecule has 3 aromatic rings. The van der Waals surface area contributed by atoms with Crippen LogP contribution in [-0.4, -0.2) is 47.4 Å². The molecule has 38 heavy (non-hydrogen) atoms. The number of halogens is 2. The van der Waals surface area contributed by atoms with Gasteiger partial charge in [0.1, 0.15) is 0 Å². The molecular weight excluding hydrogens is 517 g/mol. The fourth-order valence-electron chi connectivity index (χ4n) is 3.39. The molecule has 3 rings (SSSR count). The van der Waals surface area contributed by atoms with Crippen molar-refractivity contribution in [3.8, 4) is 0 Å². The largest absolute Gasteiger partial charge is 0.280 e. The van der Waals surface area contributed by atoms with Gasteiger partial charge in [0.25, 0.3) is 5.91 Å². The predicted molar refractivity (Wildman–Crippen MR) is 160 cm³/mol. The zero-order chi connectivity index (χ0) is 27.2. The van der Waals surface area contributed by atoms with E-state index in [1.807, 2.05) is 66.7 Å². The minimum Gasteiger partial charge on any atom is -0.267 e. The van der Waals surface area contributed by atoms with Crippen LogP contribution in [0.4, 0.5) is 0 Å². The van der Waals surface area contributed by atoms with Gasteiger partial charge in [0.05, 0.1) is 12.4 Å². The van der Waals surface area contributed by atoms with E-state index in [9.17, 15) is 4.79 Å². The van der Waals surface area contributed by atoms with Gasteiger partial charge >= 0.3 is 0 Å². The van der Waals surface area contributed by atoms with Gasteiger partial charge in [-0.2, -0.15) is 15.2 Å². The van der Waals surface area contributed by atoms with E-state index in [0.717, 1.165) is 36.8 Å². The monoisotopic (exact) mass is 549 g/mol. The Morgan fingerprint density at radius 3 is 1.58 bits per heavy atom. The van der Waals surface area contributed by atoms with Crippen molar-refractivity contribution < 1.29 is 4.79 Å². The van der Waals surface area contributed by atoms with E-state index in [1.54, 1.807) is 34.6 Å². The molecule has 3 aromatic carbocycles. The van der Waals surface area contributed by atoms with Crippen LogP contribution in [0.25, 0.3) is 0 Å². The van der Waals surface area contributed by atoms with Gasteiger partial charge in [-0.3, -0.25) is 4.79 Å². The molecule has 0 atom stereocenters. The van der Waals surface area contributed by atoms with Crippen LogP contribution in [0.2, 0.25) is 10.0 Å². The van der Waals surface area contributed by atoms with Crippen molar-refractivity contribution >= 4 is 47.5 Å². The highest BCUT2D eigenvalue weighted by Gasteiger charge is 2.20. The summed E-state index contributed by atoms with van der Waals surface area (Å²) in [7, 11) is 0. The van der Waals surface area contributed by atoms with E-state index in [-0.39, 0.29) is 5.91 Å². The Morgan fingerprint density at radius 2 is 1.16 bits per heavy atom. The molecule has 0 aliphatic rings. The van der Waals surface area contributed by atoms with Crippen LogP contribution >= 0.6 is 23.2 Å². The van der Waals surface area contributed by atoms with Crippen molar-refractivity contribution in [2.75, 3.05) is 13.1 Å². The third-order valence-electron chi connectivity index (χ3n) is 5.56. The van der Waals surface area contributed by atoms with Gasteiger partial charge in [0.2, 0.25) is 5.96 Å². The van der Waals surface area contributed by atoms with Gasteiger partial charge in [-0.05, 0) is 60.4 Å². The smallest absolute Gasteiger partial charge is 0.267 e. The Hall–Kier alpha value is -3.48. The molecule has 6 nitrogen and oxygen atoms in total. The second-order valence-electron chi connectivity index (χ2n) is 8.63. The van der Waals surface area contributed by atoms with E-state index < -0.39 is 0 Å². The quantitative estimate of drug-likeness (QED) is 0.139. The van der Waals surface area contributed by atoms with E-state index in [0.29, 0.717) is 34.7 Å². The third-order valence-corrected chi connectivity index (χ3v) is 6.07. The first-order chi connectivity index (χ1) is 18.5. The number of amides is 1. The summed E-state index contributed by atoms with van der Waals surface area (Å²) in [6.07, 6.45) is 7.12. The Kier molecular flexibility index (Phi) is 12.0. The summed E-state index contributed by atoms with van der Waals surface area (Å²) in [5.41, 5.74) is 2.27. The SMILES string of the molecule is CCCCN(N=Cc1ccc(Cl)cc1)C(=NC(=O)c1ccccc1)N(CCCC)N=Cc1ccc(Cl)cc1. The standard InChI is InChI=1S/C30H33Cl2N5O/c1-3-5-20-36(33-22-24-12-16-27(31)17-13-24)30(35-29(38)26-10-8-7-9-11-26)37(21-6-4-2)34-23-25-14-18-28(32)19-15-25/h7-19,22-23H,3-6,20-21H2,1-2H3. The summed E-state index contributed by atoms with van der Waals surface area (Å²) in [6.45, 7) is 5.36. The number of nitrogens with zero attached hydrogens (tertiary/aromatic N) is 5. The maximum atomic E-state index is 13.3. The highest BCUT2D eigenvalue weighted by atomic mass is 35.5. The molecule has 0 N–H and O–H groups in total. The second kappa shape index (κ2) is 15.7. The van der Waals surface area contributed by atoms with Crippen LogP contribution in [0, 0.1) is 0 Å². The van der Waals surface area contributed by atoms with Crippen molar-refractivity contribution in [3.63, 3.8) is 0 Å². The van der Waals surface area contributed by atoms with E-state index in [4.69, 9.17) is 33.4 Å². The summed E-state index contributed by atoms with van der Waals surface area (Å²) in [6, 6.07) is 23.9. The van der Waals surface area contributed by atoms with Gasteiger partial charge in [-0.1, -0.05) is 92.4 Å². The summed E-state index contributed by atoms with van der Waals surface area (Å²) >= 11 is 12.1. The first-order valence-corrected chi connectivity index (χ1v) is 13.6. The Morgan fingerprint density at radius 1 is 0.711 bits per heavy atom. The molecule has 8 heteroatoms. The molecule has 0 aliphatic carbocycles. The van der Waals surface area contributed by atoms with Crippen molar-refractivity contribution in [1.82, 2.24) is 10.0 Å². The Labute approximate surface area is 235 Å². The van der Waals surface area contributed by atoms with Crippen molar-refractivity contribution in [1.29, 1.82) is 0 Å². The average molecular weight is 551 g/mol. The summed E-state index contributed by atoms with van der Waals surface area (Å²) < 4.78 is 0. The molecule has 0 aromatic heterocycles. The molecule has 198 valence electrons. The van der Waals surface area contributed by atoms with E-state index >= 15 is 0 Å². The number of carbonyl (C=O) groups excluding carboxylic acids is 1. The van der Waals surface area contributed by atoms with Gasteiger partial charge < -0.3 is 0 Å². The third kappa shape index (κ3) is 9.43. The Bertz CT molecular complexity index is 1160. The van der Waals surface area contributed by atoms with Crippen LogP contribution < -0.4 is 0 Å². The first-order valence-electron chi connectivity index (χ1n) is 12.8. The molecule has 1 amide bonds. The van der Waals surface area contributed by atoms with Crippen LogP contribution in [0.3, 0.4) is 0 Å². The average Bonchev–Trinajstić information content (AvgIpc) is 2.94. The topological polar surface area (TPSA) is 60.6 Å². The number of benzene rings is 3. The lowest BCUT2D eigenvalue weighted by atomic mass is 10.2. The Balaban J connectivity index is 2.05. The lowest BCUT2D eigenvalue weighted by Crippen LogP contribution is -2.41. The molecule has 0 aliphatic heterocycles. The number of hydrogen-bond acceptors (Lipinski definition) is 3. The lowest BCUT2D eigenvalue weighted by Gasteiger charge is -2.28. The van der Waals surface area contributed by atoms with Gasteiger partial charge in [0, 0.05) is 28.7 Å². The molecule has 0 spiro atoms. The number of rotatable bonds is 11. The van der Waals surface area contributed by atoms with Crippen LogP contribution in [0.15, 0.2) is 94.1 Å². The minimum atomic E-state index is -0.355. The molecule has 0 bridgehead atoms. The van der Waals surface area contributed by atoms with Gasteiger partial charge in [0.15, 0.2) is 0 Å². The van der Waals surface area contributed by atoms with Crippen LogP contribution in [-0.2, 0) is 0 Å².